The number of carbonyl (C=O) groups excluding carboxylic acids is 2. The minimum atomic E-state index is -0.144. The normalized spacial score (nSPS) is 21.0. The fourth-order valence-corrected chi connectivity index (χ4v) is 2.79. The third kappa shape index (κ3) is 5.87. The van der Waals surface area contributed by atoms with E-state index in [1.54, 1.807) is 12.2 Å². The number of allylic oxidation sites excluding steroid dienone is 3. The number of ether oxygens (including phenoxy) is 1. The first-order valence-electron chi connectivity index (χ1n) is 8.60. The van der Waals surface area contributed by atoms with Gasteiger partial charge in [0.2, 0.25) is 5.91 Å². The molecule has 0 bridgehead atoms. The van der Waals surface area contributed by atoms with Crippen LogP contribution in [-0.4, -0.2) is 42.0 Å². The molecule has 2 rings (SSSR count). The number of amides is 2. The molecule has 0 aromatic heterocycles. The smallest absolute Gasteiger partial charge is 0.254 e. The second-order valence-electron chi connectivity index (χ2n) is 6.27. The molecule has 1 aliphatic rings. The van der Waals surface area contributed by atoms with Crippen LogP contribution in [0, 0.1) is 0 Å². The lowest BCUT2D eigenvalue weighted by molar-refractivity contribution is -0.116. The Hall–Kier alpha value is -2.40. The lowest BCUT2D eigenvalue weighted by Gasteiger charge is -2.35. The summed E-state index contributed by atoms with van der Waals surface area (Å²) < 4.78 is 5.67. The fraction of sp³-hybridized carbons (Fsp3) is 0.400. The molecule has 1 aromatic rings. The van der Waals surface area contributed by atoms with E-state index in [0.717, 1.165) is 5.56 Å². The molecule has 1 aliphatic heterocycles. The summed E-state index contributed by atoms with van der Waals surface area (Å²) in [7, 11) is 0. The summed E-state index contributed by atoms with van der Waals surface area (Å²) in [5.41, 5.74) is 1.61. The quantitative estimate of drug-likeness (QED) is 0.661. The Morgan fingerprint density at radius 2 is 1.80 bits per heavy atom. The number of nitrogens with zero attached hydrogens (tertiary/aromatic N) is 1. The highest BCUT2D eigenvalue weighted by molar-refractivity contribution is 5.94. The zero-order valence-corrected chi connectivity index (χ0v) is 15.1. The second kappa shape index (κ2) is 9.18. The Morgan fingerprint density at radius 3 is 2.40 bits per heavy atom. The SMILES string of the molecule is C/C=C/C=C\C(=O)NCc1ccc(C(=O)N2C[C@@H](C)O[C@@H](C)C2)cc1. The molecule has 25 heavy (non-hydrogen) atoms. The molecular weight excluding hydrogens is 316 g/mol. The molecule has 5 nitrogen and oxygen atoms in total. The van der Waals surface area contributed by atoms with Crippen LogP contribution in [0.4, 0.5) is 0 Å². The third-order valence-electron chi connectivity index (χ3n) is 3.93. The van der Waals surface area contributed by atoms with E-state index in [2.05, 4.69) is 5.32 Å². The standard InChI is InChI=1S/C20H26N2O3/c1-4-5-6-7-19(23)21-12-17-8-10-18(11-9-17)20(24)22-13-15(2)25-16(3)14-22/h4-11,15-16H,12-14H2,1-3H3,(H,21,23)/b5-4+,7-6-/t15-,16+. The van der Waals surface area contributed by atoms with Gasteiger partial charge in [0.1, 0.15) is 0 Å². The van der Waals surface area contributed by atoms with Gasteiger partial charge in [-0.3, -0.25) is 9.59 Å². The van der Waals surface area contributed by atoms with Crippen molar-refractivity contribution in [3.8, 4) is 0 Å². The number of benzene rings is 1. The molecule has 2 atom stereocenters. The van der Waals surface area contributed by atoms with Gasteiger partial charge in [0.05, 0.1) is 12.2 Å². The highest BCUT2D eigenvalue weighted by atomic mass is 16.5. The van der Waals surface area contributed by atoms with Crippen LogP contribution in [0.2, 0.25) is 0 Å². The van der Waals surface area contributed by atoms with Crippen LogP contribution in [0.1, 0.15) is 36.7 Å². The zero-order chi connectivity index (χ0) is 18.2. The molecular formula is C20H26N2O3. The number of rotatable bonds is 5. The van der Waals surface area contributed by atoms with Crippen LogP contribution in [-0.2, 0) is 16.1 Å². The van der Waals surface area contributed by atoms with E-state index in [-0.39, 0.29) is 24.0 Å². The lowest BCUT2D eigenvalue weighted by atomic mass is 10.1. The highest BCUT2D eigenvalue weighted by Crippen LogP contribution is 2.15. The molecule has 1 N–H and O–H groups in total. The molecule has 0 radical (unpaired) electrons. The minimum Gasteiger partial charge on any atom is -0.372 e. The van der Waals surface area contributed by atoms with Gasteiger partial charge in [0.25, 0.3) is 5.91 Å². The van der Waals surface area contributed by atoms with Gasteiger partial charge in [-0.2, -0.15) is 0 Å². The van der Waals surface area contributed by atoms with E-state index >= 15 is 0 Å². The van der Waals surface area contributed by atoms with Crippen molar-refractivity contribution in [2.24, 2.45) is 0 Å². The third-order valence-corrected chi connectivity index (χ3v) is 3.93. The van der Waals surface area contributed by atoms with Crippen LogP contribution in [0.25, 0.3) is 0 Å². The van der Waals surface area contributed by atoms with Crippen molar-refractivity contribution in [3.63, 3.8) is 0 Å². The predicted molar refractivity (Wildman–Crippen MR) is 98.2 cm³/mol. The van der Waals surface area contributed by atoms with Gasteiger partial charge in [-0.05, 0) is 38.5 Å². The molecule has 0 spiro atoms. The van der Waals surface area contributed by atoms with Gasteiger partial charge in [-0.1, -0.05) is 30.4 Å². The molecule has 0 saturated carbocycles. The molecule has 1 saturated heterocycles. The van der Waals surface area contributed by atoms with Gasteiger partial charge in [0.15, 0.2) is 0 Å². The molecule has 0 aliphatic carbocycles. The summed E-state index contributed by atoms with van der Waals surface area (Å²) in [4.78, 5) is 26.1. The first-order chi connectivity index (χ1) is 12.0. The Labute approximate surface area is 149 Å². The van der Waals surface area contributed by atoms with Gasteiger partial charge < -0.3 is 15.0 Å². The highest BCUT2D eigenvalue weighted by Gasteiger charge is 2.26. The molecule has 1 aromatic carbocycles. The van der Waals surface area contributed by atoms with E-state index in [1.165, 1.54) is 6.08 Å². The lowest BCUT2D eigenvalue weighted by Crippen LogP contribution is -2.48. The minimum absolute atomic E-state index is 0.0203. The van der Waals surface area contributed by atoms with Gasteiger partial charge in [-0.25, -0.2) is 0 Å². The van der Waals surface area contributed by atoms with Gasteiger partial charge in [0, 0.05) is 31.3 Å². The molecule has 1 heterocycles. The maximum absolute atomic E-state index is 12.6. The summed E-state index contributed by atoms with van der Waals surface area (Å²) in [6, 6.07) is 7.36. The number of hydrogen-bond donors (Lipinski definition) is 1. The van der Waals surface area contributed by atoms with Crippen molar-refractivity contribution in [1.29, 1.82) is 0 Å². The number of morpholine rings is 1. The summed E-state index contributed by atoms with van der Waals surface area (Å²) >= 11 is 0. The topological polar surface area (TPSA) is 58.6 Å². The molecule has 5 heteroatoms. The monoisotopic (exact) mass is 342 g/mol. The van der Waals surface area contributed by atoms with Crippen molar-refractivity contribution in [2.75, 3.05) is 13.1 Å². The average molecular weight is 342 g/mol. The largest absolute Gasteiger partial charge is 0.372 e. The van der Waals surface area contributed by atoms with Crippen molar-refractivity contribution in [3.05, 3.63) is 59.7 Å². The fourth-order valence-electron chi connectivity index (χ4n) is 2.79. The van der Waals surface area contributed by atoms with E-state index in [9.17, 15) is 9.59 Å². The molecule has 1 fully saturated rings. The molecule has 2 amide bonds. The Morgan fingerprint density at radius 1 is 1.16 bits per heavy atom. The van der Waals surface area contributed by atoms with Crippen molar-refractivity contribution in [1.82, 2.24) is 10.2 Å². The van der Waals surface area contributed by atoms with Crippen LogP contribution >= 0.6 is 0 Å². The van der Waals surface area contributed by atoms with Gasteiger partial charge >= 0.3 is 0 Å². The summed E-state index contributed by atoms with van der Waals surface area (Å²) in [6.07, 6.45) is 6.94. The molecule has 0 unspecified atom stereocenters. The number of carbonyl (C=O) groups is 2. The van der Waals surface area contributed by atoms with E-state index in [4.69, 9.17) is 4.74 Å². The Kier molecular flexibility index (Phi) is 6.95. The number of hydrogen-bond acceptors (Lipinski definition) is 3. The Balaban J connectivity index is 1.91. The first kappa shape index (κ1) is 18.9. The second-order valence-corrected chi connectivity index (χ2v) is 6.27. The summed E-state index contributed by atoms with van der Waals surface area (Å²) in [5.74, 6) is -0.124. The van der Waals surface area contributed by atoms with Gasteiger partial charge in [-0.15, -0.1) is 0 Å². The first-order valence-corrected chi connectivity index (χ1v) is 8.60. The Bertz CT molecular complexity index is 639. The number of nitrogens with one attached hydrogen (secondary N) is 1. The van der Waals surface area contributed by atoms with Crippen LogP contribution < -0.4 is 5.32 Å². The van der Waals surface area contributed by atoms with Crippen molar-refractivity contribution in [2.45, 2.75) is 39.5 Å². The maximum atomic E-state index is 12.6. The van der Waals surface area contributed by atoms with Crippen molar-refractivity contribution >= 4 is 11.8 Å². The zero-order valence-electron chi connectivity index (χ0n) is 15.1. The van der Waals surface area contributed by atoms with Crippen LogP contribution in [0.3, 0.4) is 0 Å². The van der Waals surface area contributed by atoms with Crippen LogP contribution in [0.5, 0.6) is 0 Å². The summed E-state index contributed by atoms with van der Waals surface area (Å²) in [6.45, 7) is 7.50. The molecule has 134 valence electrons. The van der Waals surface area contributed by atoms with Crippen molar-refractivity contribution < 1.29 is 14.3 Å². The van der Waals surface area contributed by atoms with E-state index in [0.29, 0.717) is 25.2 Å². The average Bonchev–Trinajstić information content (AvgIpc) is 2.59. The predicted octanol–water partition coefficient (Wildman–Crippen LogP) is 2.68. The summed E-state index contributed by atoms with van der Waals surface area (Å²) in [5, 5.41) is 2.81. The maximum Gasteiger partial charge on any atom is 0.254 e. The van der Waals surface area contributed by atoms with Crippen LogP contribution in [0.15, 0.2) is 48.6 Å². The van der Waals surface area contributed by atoms with E-state index < -0.39 is 0 Å². The van der Waals surface area contributed by atoms with E-state index in [1.807, 2.05) is 56.0 Å².